The highest BCUT2D eigenvalue weighted by atomic mass is 32.1. The molecule has 1 saturated heterocycles. The quantitative estimate of drug-likeness (QED) is 0.492. The Labute approximate surface area is 174 Å². The molecule has 0 unspecified atom stereocenters. The fourth-order valence-corrected chi connectivity index (χ4v) is 4.28. The number of rotatable bonds is 5. The van der Waals surface area contributed by atoms with Gasteiger partial charge in [0.15, 0.2) is 5.11 Å². The highest BCUT2D eigenvalue weighted by Gasteiger charge is 2.41. The number of nitrogens with one attached hydrogen (secondary N) is 1. The van der Waals surface area contributed by atoms with E-state index in [1.54, 1.807) is 6.26 Å². The first-order chi connectivity index (χ1) is 14.3. The van der Waals surface area contributed by atoms with Crippen LogP contribution < -0.4 is 10.2 Å². The molecule has 4 heterocycles. The number of furan rings is 1. The van der Waals surface area contributed by atoms with Gasteiger partial charge in [-0.25, -0.2) is 0 Å². The summed E-state index contributed by atoms with van der Waals surface area (Å²) in [4.78, 5) is 6.80. The Balaban J connectivity index is 1.61. The maximum Gasteiger partial charge on any atom is 0.174 e. The number of hydrogen-bond acceptors (Lipinski definition) is 3. The fourth-order valence-electron chi connectivity index (χ4n) is 3.93. The van der Waals surface area contributed by atoms with E-state index in [9.17, 15) is 0 Å². The summed E-state index contributed by atoms with van der Waals surface area (Å²) in [6, 6.07) is 24.3. The molecule has 1 aliphatic rings. The summed E-state index contributed by atoms with van der Waals surface area (Å²) in [5.41, 5.74) is 3.16. The zero-order chi connectivity index (χ0) is 19.6. The molecule has 1 N–H and O–H groups in total. The molecule has 0 bridgehead atoms. The van der Waals surface area contributed by atoms with Crippen molar-refractivity contribution in [3.63, 3.8) is 0 Å². The zero-order valence-electron chi connectivity index (χ0n) is 15.7. The van der Waals surface area contributed by atoms with E-state index in [4.69, 9.17) is 16.6 Å². The number of nitrogens with zero attached hydrogens (tertiary/aromatic N) is 3. The Morgan fingerprint density at radius 2 is 1.83 bits per heavy atom. The Morgan fingerprint density at radius 1 is 0.966 bits per heavy atom. The average molecular weight is 401 g/mol. The molecule has 5 rings (SSSR count). The normalized spacial score (nSPS) is 18.8. The van der Waals surface area contributed by atoms with E-state index in [0.29, 0.717) is 11.7 Å². The summed E-state index contributed by atoms with van der Waals surface area (Å²) in [6.07, 6.45) is 5.61. The molecule has 1 aromatic carbocycles. The van der Waals surface area contributed by atoms with Crippen molar-refractivity contribution in [2.24, 2.45) is 0 Å². The minimum Gasteiger partial charge on any atom is -0.467 e. The van der Waals surface area contributed by atoms with Gasteiger partial charge in [-0.1, -0.05) is 24.3 Å². The Bertz CT molecular complexity index is 1090. The third-order valence-electron chi connectivity index (χ3n) is 5.21. The molecule has 0 aliphatic carbocycles. The number of benzene rings is 1. The Hall–Kier alpha value is -3.38. The van der Waals surface area contributed by atoms with Gasteiger partial charge in [0.25, 0.3) is 0 Å². The fraction of sp³-hybridized carbons (Fsp3) is 0.130. The van der Waals surface area contributed by atoms with E-state index in [2.05, 4.69) is 50.2 Å². The lowest BCUT2D eigenvalue weighted by atomic mass is 10.0. The molecule has 2 atom stereocenters. The van der Waals surface area contributed by atoms with Crippen LogP contribution in [0.25, 0.3) is 0 Å². The summed E-state index contributed by atoms with van der Waals surface area (Å²) in [7, 11) is 0. The second-order valence-corrected chi connectivity index (χ2v) is 7.36. The van der Waals surface area contributed by atoms with Crippen LogP contribution in [0.2, 0.25) is 0 Å². The summed E-state index contributed by atoms with van der Waals surface area (Å²) in [5, 5.41) is 4.20. The van der Waals surface area contributed by atoms with Crippen LogP contribution in [0.4, 0.5) is 5.69 Å². The zero-order valence-corrected chi connectivity index (χ0v) is 16.5. The van der Waals surface area contributed by atoms with E-state index in [1.807, 2.05) is 54.7 Å². The number of anilines is 1. The minimum absolute atomic E-state index is 0.0373. The van der Waals surface area contributed by atoms with E-state index >= 15 is 0 Å². The number of aromatic nitrogens is 2. The molecular weight excluding hydrogens is 380 g/mol. The molecule has 1 aliphatic heterocycles. The Kier molecular flexibility index (Phi) is 4.62. The first-order valence-corrected chi connectivity index (χ1v) is 9.95. The lowest BCUT2D eigenvalue weighted by Gasteiger charge is -2.28. The summed E-state index contributed by atoms with van der Waals surface area (Å²) >= 11 is 5.77. The monoisotopic (exact) mass is 400 g/mol. The van der Waals surface area contributed by atoms with Crippen molar-refractivity contribution in [2.75, 3.05) is 4.90 Å². The average Bonchev–Trinajstić information content (AvgIpc) is 3.50. The second-order valence-electron chi connectivity index (χ2n) is 6.97. The molecule has 0 radical (unpaired) electrons. The predicted octanol–water partition coefficient (Wildman–Crippen LogP) is 4.70. The third-order valence-corrected chi connectivity index (χ3v) is 5.52. The van der Waals surface area contributed by atoms with Gasteiger partial charge in [-0.3, -0.25) is 4.98 Å². The molecular formula is C23H20N4OS. The van der Waals surface area contributed by atoms with Crippen LogP contribution in [0, 0.1) is 0 Å². The molecule has 3 aromatic heterocycles. The van der Waals surface area contributed by atoms with Crippen LogP contribution in [0.1, 0.15) is 29.2 Å². The summed E-state index contributed by atoms with van der Waals surface area (Å²) < 4.78 is 7.79. The molecule has 1 fully saturated rings. The van der Waals surface area contributed by atoms with Crippen molar-refractivity contribution in [2.45, 2.75) is 18.6 Å². The van der Waals surface area contributed by atoms with Crippen LogP contribution >= 0.6 is 12.2 Å². The minimum atomic E-state index is -0.0610. The van der Waals surface area contributed by atoms with Gasteiger partial charge in [0.2, 0.25) is 0 Å². The van der Waals surface area contributed by atoms with Gasteiger partial charge in [-0.05, 0) is 60.7 Å². The van der Waals surface area contributed by atoms with E-state index in [-0.39, 0.29) is 12.1 Å². The van der Waals surface area contributed by atoms with Crippen molar-refractivity contribution in [3.05, 3.63) is 109 Å². The van der Waals surface area contributed by atoms with Crippen molar-refractivity contribution in [3.8, 4) is 0 Å². The van der Waals surface area contributed by atoms with Gasteiger partial charge in [-0.2, -0.15) is 0 Å². The van der Waals surface area contributed by atoms with Crippen LogP contribution in [-0.2, 0) is 6.54 Å². The number of thiocarbonyl (C=S) groups is 1. The van der Waals surface area contributed by atoms with Gasteiger partial charge in [0.1, 0.15) is 11.8 Å². The second kappa shape index (κ2) is 7.56. The van der Waals surface area contributed by atoms with Crippen LogP contribution in [0.15, 0.2) is 95.9 Å². The van der Waals surface area contributed by atoms with E-state index in [0.717, 1.165) is 22.8 Å². The lowest BCUT2D eigenvalue weighted by molar-refractivity contribution is 0.475. The maximum atomic E-state index is 5.77. The topological polar surface area (TPSA) is 46.2 Å². The molecule has 5 nitrogen and oxygen atoms in total. The van der Waals surface area contributed by atoms with Gasteiger partial charge in [0, 0.05) is 23.8 Å². The lowest BCUT2D eigenvalue weighted by Crippen LogP contribution is -2.30. The van der Waals surface area contributed by atoms with Crippen molar-refractivity contribution < 1.29 is 4.42 Å². The third kappa shape index (κ3) is 3.32. The molecule has 144 valence electrons. The number of pyridine rings is 1. The first-order valence-electron chi connectivity index (χ1n) is 9.54. The summed E-state index contributed by atoms with van der Waals surface area (Å²) in [5.74, 6) is 0.914. The van der Waals surface area contributed by atoms with Gasteiger partial charge < -0.3 is 19.2 Å². The largest absolute Gasteiger partial charge is 0.467 e. The van der Waals surface area contributed by atoms with Gasteiger partial charge in [-0.15, -0.1) is 0 Å². The molecule has 6 heteroatoms. The first kappa shape index (κ1) is 17.7. The molecule has 0 amide bonds. The smallest absolute Gasteiger partial charge is 0.174 e. The maximum absolute atomic E-state index is 5.77. The Morgan fingerprint density at radius 3 is 2.59 bits per heavy atom. The van der Waals surface area contributed by atoms with Crippen LogP contribution in [0.3, 0.4) is 0 Å². The van der Waals surface area contributed by atoms with E-state index < -0.39 is 0 Å². The van der Waals surface area contributed by atoms with E-state index in [1.165, 1.54) is 0 Å². The molecule has 0 saturated carbocycles. The van der Waals surface area contributed by atoms with Crippen molar-refractivity contribution in [1.82, 2.24) is 14.9 Å². The SMILES string of the molecule is S=C1N[C@@H](c2ccccn2)[C@H](c2cccn2Cc2ccco2)N1c1ccccc1. The van der Waals surface area contributed by atoms with Crippen molar-refractivity contribution >= 4 is 23.0 Å². The highest BCUT2D eigenvalue weighted by molar-refractivity contribution is 7.80. The van der Waals surface area contributed by atoms with Gasteiger partial charge >= 0.3 is 0 Å². The predicted molar refractivity (Wildman–Crippen MR) is 117 cm³/mol. The molecule has 29 heavy (non-hydrogen) atoms. The van der Waals surface area contributed by atoms with Crippen LogP contribution in [-0.4, -0.2) is 14.7 Å². The van der Waals surface area contributed by atoms with Gasteiger partial charge in [0.05, 0.1) is 24.5 Å². The number of hydrogen-bond donors (Lipinski definition) is 1. The highest BCUT2D eigenvalue weighted by Crippen LogP contribution is 2.41. The molecule has 4 aromatic rings. The summed E-state index contributed by atoms with van der Waals surface area (Å²) in [6.45, 7) is 0.663. The molecule has 0 spiro atoms. The standard InChI is InChI=1S/C23H20N4OS/c29-23-25-21(19-11-4-5-13-24-19)22(27(23)17-8-2-1-3-9-17)20-12-6-14-26(20)16-18-10-7-15-28-18/h1-15,21-22H,16H2,(H,25,29)/t21-,22-/m0/s1. The van der Waals surface area contributed by atoms with Crippen molar-refractivity contribution in [1.29, 1.82) is 0 Å². The van der Waals surface area contributed by atoms with Crippen LogP contribution in [0.5, 0.6) is 0 Å². The number of para-hydroxylation sites is 1.